The Bertz CT molecular complexity index is 1030. The van der Waals surface area contributed by atoms with E-state index in [0.717, 1.165) is 12.1 Å². The van der Waals surface area contributed by atoms with Crippen molar-refractivity contribution in [2.75, 3.05) is 6.26 Å². The van der Waals surface area contributed by atoms with E-state index in [9.17, 15) is 17.4 Å². The minimum atomic E-state index is -1.70. The van der Waals surface area contributed by atoms with Gasteiger partial charge in [-0.25, -0.2) is 8.78 Å². The molecule has 1 atom stereocenters. The predicted molar refractivity (Wildman–Crippen MR) is 88.0 cm³/mol. The Morgan fingerprint density at radius 3 is 2.60 bits per heavy atom. The largest absolute Gasteiger partial charge is 0.453 e. The van der Waals surface area contributed by atoms with Crippen molar-refractivity contribution in [2.24, 2.45) is 5.73 Å². The lowest BCUT2D eigenvalue weighted by molar-refractivity contribution is 0.408. The maximum Gasteiger partial charge on any atom is 0.204 e. The molecule has 9 heteroatoms. The number of aromatic amines is 1. The highest BCUT2D eigenvalue weighted by Crippen LogP contribution is 2.38. The van der Waals surface area contributed by atoms with Gasteiger partial charge in [-0.3, -0.25) is 9.62 Å². The number of aromatic nitrogens is 1. The molecule has 0 aliphatic heterocycles. The van der Waals surface area contributed by atoms with Crippen LogP contribution in [0, 0.1) is 22.9 Å². The predicted octanol–water partition coefficient (Wildman–Crippen LogP) is 3.40. The highest BCUT2D eigenvalue weighted by atomic mass is 32.2. The molecule has 0 spiro atoms. The van der Waals surface area contributed by atoms with Crippen molar-refractivity contribution in [3.8, 4) is 11.5 Å². The Kier molecular flexibility index (Phi) is 4.25. The molecule has 0 aliphatic carbocycles. The van der Waals surface area contributed by atoms with E-state index in [1.165, 1.54) is 24.6 Å². The van der Waals surface area contributed by atoms with Gasteiger partial charge in [0.1, 0.15) is 17.4 Å². The molecule has 130 valence electrons. The van der Waals surface area contributed by atoms with E-state index >= 15 is 0 Å². The molecule has 0 amide bonds. The van der Waals surface area contributed by atoms with Crippen molar-refractivity contribution in [1.82, 2.24) is 4.98 Å². The molecule has 0 fully saturated rings. The molecule has 0 saturated heterocycles. The van der Waals surface area contributed by atoms with Crippen LogP contribution in [0.15, 0.2) is 35.4 Å². The first-order chi connectivity index (χ1) is 11.8. The molecule has 0 radical (unpaired) electrons. The van der Waals surface area contributed by atoms with Gasteiger partial charge in [0.2, 0.25) is 5.82 Å². The van der Waals surface area contributed by atoms with Crippen LogP contribution in [0.25, 0.3) is 10.9 Å². The standard InChI is InChI=1S/C16H12F3N3O2S/c1-25(23)15-8-4-5-22-13(8)11(18)12(19)14(15)24-7-2-3-10(17)9(6-7)16(20)21/h2-6,22H,1H3,(H3,20,21). The molecule has 1 heterocycles. The van der Waals surface area contributed by atoms with Gasteiger partial charge in [-0.05, 0) is 24.3 Å². The van der Waals surface area contributed by atoms with Crippen LogP contribution in [0.1, 0.15) is 5.56 Å². The van der Waals surface area contributed by atoms with Crippen LogP contribution in [0.3, 0.4) is 0 Å². The van der Waals surface area contributed by atoms with Crippen molar-refractivity contribution >= 4 is 27.5 Å². The molecule has 25 heavy (non-hydrogen) atoms. The minimum absolute atomic E-state index is 0.0381. The van der Waals surface area contributed by atoms with Crippen LogP contribution in [0.5, 0.6) is 11.5 Å². The second-order valence-corrected chi connectivity index (χ2v) is 6.48. The summed E-state index contributed by atoms with van der Waals surface area (Å²) in [6.07, 6.45) is 2.69. The number of nitrogens with one attached hydrogen (secondary N) is 2. The summed E-state index contributed by atoms with van der Waals surface area (Å²) in [4.78, 5) is 2.51. The third-order valence-electron chi connectivity index (χ3n) is 3.54. The summed E-state index contributed by atoms with van der Waals surface area (Å²) < 4.78 is 59.7. The molecule has 0 bridgehead atoms. The first-order valence-corrected chi connectivity index (χ1v) is 8.50. The lowest BCUT2D eigenvalue weighted by Gasteiger charge is -2.13. The number of nitrogens with two attached hydrogens (primary N) is 1. The number of benzene rings is 2. The monoisotopic (exact) mass is 367 g/mol. The third kappa shape index (κ3) is 2.86. The fourth-order valence-electron chi connectivity index (χ4n) is 2.44. The van der Waals surface area contributed by atoms with Crippen molar-refractivity contribution in [1.29, 1.82) is 5.41 Å². The van der Waals surface area contributed by atoms with Crippen LogP contribution < -0.4 is 10.5 Å². The molecule has 1 unspecified atom stereocenters. The summed E-state index contributed by atoms with van der Waals surface area (Å²) >= 11 is 0. The van der Waals surface area contributed by atoms with Gasteiger partial charge in [0.15, 0.2) is 11.6 Å². The number of ether oxygens (including phenoxy) is 1. The Balaban J connectivity index is 2.21. The lowest BCUT2D eigenvalue weighted by Crippen LogP contribution is -2.13. The highest BCUT2D eigenvalue weighted by Gasteiger charge is 2.25. The van der Waals surface area contributed by atoms with Gasteiger partial charge in [0, 0.05) is 17.8 Å². The minimum Gasteiger partial charge on any atom is -0.453 e. The average Bonchev–Trinajstić information content (AvgIpc) is 3.02. The van der Waals surface area contributed by atoms with Gasteiger partial charge >= 0.3 is 0 Å². The van der Waals surface area contributed by atoms with Crippen LogP contribution in [-0.2, 0) is 10.8 Å². The topological polar surface area (TPSA) is 92.0 Å². The number of amidine groups is 1. The normalized spacial score (nSPS) is 12.3. The van der Waals surface area contributed by atoms with E-state index in [-0.39, 0.29) is 27.1 Å². The van der Waals surface area contributed by atoms with Gasteiger partial charge in [-0.1, -0.05) is 0 Å². The number of H-pyrrole nitrogens is 1. The summed E-state index contributed by atoms with van der Waals surface area (Å²) in [7, 11) is -1.70. The van der Waals surface area contributed by atoms with Gasteiger partial charge in [-0.15, -0.1) is 0 Å². The number of nitrogen functional groups attached to an aromatic ring is 1. The van der Waals surface area contributed by atoms with Crippen LogP contribution in [0.4, 0.5) is 13.2 Å². The lowest BCUT2D eigenvalue weighted by atomic mass is 10.2. The van der Waals surface area contributed by atoms with Crippen LogP contribution in [-0.4, -0.2) is 21.3 Å². The molecular formula is C16H12F3N3O2S. The molecule has 3 rings (SSSR count). The molecule has 3 aromatic rings. The first kappa shape index (κ1) is 17.0. The zero-order valence-corrected chi connectivity index (χ0v) is 13.6. The molecule has 2 aromatic carbocycles. The van der Waals surface area contributed by atoms with E-state index in [4.69, 9.17) is 15.9 Å². The number of hydrogen-bond acceptors (Lipinski definition) is 3. The van der Waals surface area contributed by atoms with E-state index in [1.54, 1.807) is 0 Å². The van der Waals surface area contributed by atoms with Crippen LogP contribution >= 0.6 is 0 Å². The summed E-state index contributed by atoms with van der Waals surface area (Å²) in [5, 5.41) is 7.53. The molecule has 0 saturated carbocycles. The highest BCUT2D eigenvalue weighted by molar-refractivity contribution is 7.84. The first-order valence-electron chi connectivity index (χ1n) is 6.94. The van der Waals surface area contributed by atoms with Gasteiger partial charge in [0.05, 0.1) is 26.8 Å². The average molecular weight is 367 g/mol. The van der Waals surface area contributed by atoms with E-state index in [2.05, 4.69) is 4.98 Å². The molecule has 5 nitrogen and oxygen atoms in total. The Morgan fingerprint density at radius 2 is 1.96 bits per heavy atom. The Morgan fingerprint density at radius 1 is 1.24 bits per heavy atom. The second-order valence-electron chi connectivity index (χ2n) is 5.16. The summed E-state index contributed by atoms with van der Waals surface area (Å²) in [5.74, 6) is -4.45. The number of rotatable bonds is 4. The number of halogens is 3. The van der Waals surface area contributed by atoms with Crippen molar-refractivity contribution in [3.05, 3.63) is 53.5 Å². The SMILES string of the molecule is CS(=O)c1c(Oc2ccc(F)c(C(=N)N)c2)c(F)c(F)c2[nH]ccc12. The maximum atomic E-state index is 14.5. The quantitative estimate of drug-likeness (QED) is 0.487. The zero-order chi connectivity index (χ0) is 18.3. The maximum absolute atomic E-state index is 14.5. The smallest absolute Gasteiger partial charge is 0.204 e. The fourth-order valence-corrected chi connectivity index (χ4v) is 3.31. The van der Waals surface area contributed by atoms with Gasteiger partial charge in [-0.2, -0.15) is 4.39 Å². The Hall–Kier alpha value is -2.81. The van der Waals surface area contributed by atoms with Crippen LogP contribution in [0.2, 0.25) is 0 Å². The third-order valence-corrected chi connectivity index (χ3v) is 4.53. The fraction of sp³-hybridized carbons (Fsp3) is 0.0625. The zero-order valence-electron chi connectivity index (χ0n) is 12.8. The van der Waals surface area contributed by atoms with Crippen molar-refractivity contribution in [3.63, 3.8) is 0 Å². The molecule has 0 aliphatic rings. The number of hydrogen-bond donors (Lipinski definition) is 3. The summed E-state index contributed by atoms with van der Waals surface area (Å²) in [5.41, 5.74) is 4.89. The molecule has 4 N–H and O–H groups in total. The molecule has 1 aromatic heterocycles. The van der Waals surface area contributed by atoms with Gasteiger partial charge < -0.3 is 15.5 Å². The van der Waals surface area contributed by atoms with Gasteiger partial charge in [0.25, 0.3) is 0 Å². The van der Waals surface area contributed by atoms with E-state index in [1.807, 2.05) is 0 Å². The van der Waals surface area contributed by atoms with E-state index in [0.29, 0.717) is 0 Å². The summed E-state index contributed by atoms with van der Waals surface area (Å²) in [6.45, 7) is 0. The van der Waals surface area contributed by atoms with Crippen molar-refractivity contribution < 1.29 is 22.1 Å². The molecular weight excluding hydrogens is 355 g/mol. The van der Waals surface area contributed by atoms with Crippen molar-refractivity contribution in [2.45, 2.75) is 4.90 Å². The Labute approximate surface area is 142 Å². The second kappa shape index (κ2) is 6.25. The summed E-state index contributed by atoms with van der Waals surface area (Å²) in [6, 6.07) is 4.69. The number of fused-ring (bicyclic) bond motifs is 1. The van der Waals surface area contributed by atoms with E-state index < -0.39 is 39.8 Å².